The van der Waals surface area contributed by atoms with Gasteiger partial charge in [0.05, 0.1) is 19.1 Å². The lowest BCUT2D eigenvalue weighted by molar-refractivity contribution is -0.920. The summed E-state index contributed by atoms with van der Waals surface area (Å²) < 4.78 is 0. The first-order chi connectivity index (χ1) is 9.65. The molecule has 1 aromatic rings. The molecule has 110 valence electrons. The molecule has 1 saturated heterocycles. The normalized spacial score (nSPS) is 22.2. The zero-order valence-corrected chi connectivity index (χ0v) is 12.6. The zero-order valence-electron chi connectivity index (χ0n) is 11.8. The maximum Gasteiger partial charge on any atom is 0.321 e. The SMILES string of the molecule is C[C@@H]1CCCC[NH+]1CC(=O)NC(=O)NCc1cccs1. The summed E-state index contributed by atoms with van der Waals surface area (Å²) in [6, 6.07) is 3.98. The van der Waals surface area contributed by atoms with E-state index in [0.717, 1.165) is 24.3 Å². The molecule has 20 heavy (non-hydrogen) atoms. The second kappa shape index (κ2) is 7.40. The Kier molecular flexibility index (Phi) is 5.55. The summed E-state index contributed by atoms with van der Waals surface area (Å²) in [5, 5.41) is 7.06. The first-order valence-electron chi connectivity index (χ1n) is 7.10. The van der Waals surface area contributed by atoms with Gasteiger partial charge < -0.3 is 10.2 Å². The van der Waals surface area contributed by atoms with Crippen LogP contribution in [0.2, 0.25) is 0 Å². The number of thiophene rings is 1. The van der Waals surface area contributed by atoms with Gasteiger partial charge in [0.1, 0.15) is 0 Å². The number of hydrogen-bond acceptors (Lipinski definition) is 3. The van der Waals surface area contributed by atoms with Gasteiger partial charge in [-0.1, -0.05) is 6.07 Å². The molecule has 1 unspecified atom stereocenters. The van der Waals surface area contributed by atoms with Crippen molar-refractivity contribution in [3.8, 4) is 0 Å². The van der Waals surface area contributed by atoms with Crippen LogP contribution in [-0.2, 0) is 11.3 Å². The van der Waals surface area contributed by atoms with Crippen molar-refractivity contribution >= 4 is 23.3 Å². The highest BCUT2D eigenvalue weighted by Crippen LogP contribution is 2.07. The molecule has 2 heterocycles. The summed E-state index contributed by atoms with van der Waals surface area (Å²) in [4.78, 5) is 25.8. The van der Waals surface area contributed by atoms with Crippen LogP contribution < -0.4 is 15.5 Å². The number of piperidine rings is 1. The summed E-state index contributed by atoms with van der Waals surface area (Å²) >= 11 is 1.58. The van der Waals surface area contributed by atoms with Crippen LogP contribution >= 0.6 is 11.3 Å². The van der Waals surface area contributed by atoms with Crippen LogP contribution in [-0.4, -0.2) is 31.1 Å². The second-order valence-corrected chi connectivity index (χ2v) is 6.32. The molecule has 0 saturated carbocycles. The molecule has 1 aliphatic rings. The smallest absolute Gasteiger partial charge is 0.321 e. The molecule has 2 rings (SSSR count). The molecule has 0 radical (unpaired) electrons. The topological polar surface area (TPSA) is 62.6 Å². The summed E-state index contributed by atoms with van der Waals surface area (Å²) in [5.41, 5.74) is 0. The Balaban J connectivity index is 1.69. The first-order valence-corrected chi connectivity index (χ1v) is 7.98. The quantitative estimate of drug-likeness (QED) is 0.759. The highest BCUT2D eigenvalue weighted by molar-refractivity contribution is 7.09. The van der Waals surface area contributed by atoms with Crippen LogP contribution in [0.1, 0.15) is 31.1 Å². The minimum Gasteiger partial charge on any atom is -0.333 e. The first kappa shape index (κ1) is 15.0. The monoisotopic (exact) mass is 296 g/mol. The van der Waals surface area contributed by atoms with Gasteiger partial charge in [-0.25, -0.2) is 4.79 Å². The van der Waals surface area contributed by atoms with Gasteiger partial charge in [-0.05, 0) is 37.6 Å². The lowest BCUT2D eigenvalue weighted by Gasteiger charge is -2.29. The van der Waals surface area contributed by atoms with Crippen molar-refractivity contribution in [1.29, 1.82) is 0 Å². The number of hydrogen-bond donors (Lipinski definition) is 3. The third kappa shape index (κ3) is 4.61. The summed E-state index contributed by atoms with van der Waals surface area (Å²) in [5.74, 6) is -0.197. The third-order valence-electron chi connectivity index (χ3n) is 3.73. The molecule has 0 aliphatic carbocycles. The van der Waals surface area contributed by atoms with Crippen molar-refractivity contribution in [3.63, 3.8) is 0 Å². The van der Waals surface area contributed by atoms with Crippen LogP contribution in [0.5, 0.6) is 0 Å². The number of nitrogens with one attached hydrogen (secondary N) is 3. The molecule has 0 bridgehead atoms. The van der Waals surface area contributed by atoms with Crippen LogP contribution in [0.4, 0.5) is 4.79 Å². The number of urea groups is 1. The maximum atomic E-state index is 11.8. The van der Waals surface area contributed by atoms with Gasteiger partial charge in [0.2, 0.25) is 0 Å². The molecule has 6 heteroatoms. The lowest BCUT2D eigenvalue weighted by atomic mass is 10.0. The summed E-state index contributed by atoms with van der Waals surface area (Å²) in [6.07, 6.45) is 3.57. The van der Waals surface area contributed by atoms with Gasteiger partial charge in [-0.3, -0.25) is 10.1 Å². The largest absolute Gasteiger partial charge is 0.333 e. The Labute approximate surface area is 123 Å². The Bertz CT molecular complexity index is 447. The number of imide groups is 1. The van der Waals surface area contributed by atoms with Crippen molar-refractivity contribution in [1.82, 2.24) is 10.6 Å². The van der Waals surface area contributed by atoms with Gasteiger partial charge in [-0.15, -0.1) is 11.3 Å². The van der Waals surface area contributed by atoms with Crippen molar-refractivity contribution in [3.05, 3.63) is 22.4 Å². The fraction of sp³-hybridized carbons (Fsp3) is 0.571. The summed E-state index contributed by atoms with van der Waals surface area (Å²) in [7, 11) is 0. The number of rotatable bonds is 4. The molecule has 1 aromatic heterocycles. The third-order valence-corrected chi connectivity index (χ3v) is 4.60. The number of likely N-dealkylation sites (tertiary alicyclic amines) is 1. The Hall–Kier alpha value is -1.40. The van der Waals surface area contributed by atoms with Gasteiger partial charge in [0.15, 0.2) is 6.54 Å². The van der Waals surface area contributed by atoms with Crippen molar-refractivity contribution in [2.45, 2.75) is 38.8 Å². The van der Waals surface area contributed by atoms with E-state index in [2.05, 4.69) is 17.6 Å². The number of amides is 3. The Morgan fingerprint density at radius 3 is 3.00 bits per heavy atom. The molecule has 0 aromatic carbocycles. The van der Waals surface area contributed by atoms with E-state index in [4.69, 9.17) is 0 Å². The van der Waals surface area contributed by atoms with Crippen LogP contribution in [0.15, 0.2) is 17.5 Å². The minimum absolute atomic E-state index is 0.197. The second-order valence-electron chi connectivity index (χ2n) is 5.29. The highest BCUT2D eigenvalue weighted by Gasteiger charge is 2.24. The Morgan fingerprint density at radius 1 is 1.45 bits per heavy atom. The lowest BCUT2D eigenvalue weighted by Crippen LogP contribution is -3.17. The fourth-order valence-corrected chi connectivity index (χ4v) is 3.16. The average Bonchev–Trinajstić information content (AvgIpc) is 2.92. The van der Waals surface area contributed by atoms with E-state index < -0.39 is 6.03 Å². The van der Waals surface area contributed by atoms with Gasteiger partial charge in [-0.2, -0.15) is 0 Å². The molecule has 3 N–H and O–H groups in total. The predicted molar refractivity (Wildman–Crippen MR) is 78.7 cm³/mol. The van der Waals surface area contributed by atoms with Crippen molar-refractivity contribution < 1.29 is 14.5 Å². The van der Waals surface area contributed by atoms with E-state index in [-0.39, 0.29) is 5.91 Å². The number of quaternary nitrogens is 1. The molecule has 0 spiro atoms. The predicted octanol–water partition coefficient (Wildman–Crippen LogP) is 0.531. The fourth-order valence-electron chi connectivity index (χ4n) is 2.52. The maximum absolute atomic E-state index is 11.8. The molecule has 3 amide bonds. The van der Waals surface area contributed by atoms with Crippen LogP contribution in [0, 0.1) is 0 Å². The Morgan fingerprint density at radius 2 is 2.30 bits per heavy atom. The number of carbonyl (C=O) groups is 2. The number of carbonyl (C=O) groups excluding carboxylic acids is 2. The van der Waals surface area contributed by atoms with E-state index in [9.17, 15) is 9.59 Å². The molecule has 1 fully saturated rings. The zero-order chi connectivity index (χ0) is 14.4. The molecule has 1 aliphatic heterocycles. The minimum atomic E-state index is -0.410. The molecular weight excluding hydrogens is 274 g/mol. The van der Waals surface area contributed by atoms with E-state index in [1.165, 1.54) is 11.3 Å². The van der Waals surface area contributed by atoms with Gasteiger partial charge >= 0.3 is 6.03 Å². The van der Waals surface area contributed by atoms with Gasteiger partial charge in [0.25, 0.3) is 5.91 Å². The van der Waals surface area contributed by atoms with E-state index in [1.54, 1.807) is 11.3 Å². The summed E-state index contributed by atoms with van der Waals surface area (Å²) in [6.45, 7) is 4.03. The van der Waals surface area contributed by atoms with Crippen LogP contribution in [0.3, 0.4) is 0 Å². The molecular formula is C14H22N3O2S+. The standard InChI is InChI=1S/C14H21N3O2S/c1-11-5-2-3-7-17(11)10-13(18)16-14(19)15-9-12-6-4-8-20-12/h4,6,8,11H,2-3,5,7,9-10H2,1H3,(H2,15,16,18,19)/p+1/t11-/m1/s1. The van der Waals surface area contributed by atoms with E-state index in [1.807, 2.05) is 17.5 Å². The molecule has 2 atom stereocenters. The van der Waals surface area contributed by atoms with Gasteiger partial charge in [0, 0.05) is 4.88 Å². The van der Waals surface area contributed by atoms with Crippen molar-refractivity contribution in [2.75, 3.05) is 13.1 Å². The van der Waals surface area contributed by atoms with Crippen LogP contribution in [0.25, 0.3) is 0 Å². The van der Waals surface area contributed by atoms with E-state index >= 15 is 0 Å². The average molecular weight is 296 g/mol. The highest BCUT2D eigenvalue weighted by atomic mass is 32.1. The van der Waals surface area contributed by atoms with Crippen molar-refractivity contribution in [2.24, 2.45) is 0 Å². The van der Waals surface area contributed by atoms with E-state index in [0.29, 0.717) is 19.1 Å². The molecule has 5 nitrogen and oxygen atoms in total.